The van der Waals surface area contributed by atoms with Crippen molar-refractivity contribution in [1.82, 2.24) is 10.6 Å². The molecule has 11 heavy (non-hydrogen) atoms. The maximum Gasteiger partial charge on any atom is 0.0398 e. The smallest absolute Gasteiger partial charge is 0.0398 e. The van der Waals surface area contributed by atoms with E-state index in [2.05, 4.69) is 22.4 Å². The summed E-state index contributed by atoms with van der Waals surface area (Å²) < 4.78 is 0. The van der Waals surface area contributed by atoms with E-state index in [1.165, 1.54) is 44.0 Å². The molecule has 1 unspecified atom stereocenters. The first kappa shape index (κ1) is 7.90. The molecule has 1 atom stereocenters. The number of thioether (sulfide) groups is 1. The molecule has 2 saturated heterocycles. The van der Waals surface area contributed by atoms with Crippen LogP contribution in [0.3, 0.4) is 0 Å². The van der Waals surface area contributed by atoms with Crippen molar-refractivity contribution in [2.24, 2.45) is 0 Å². The Balaban J connectivity index is 1.97. The normalized spacial score (nSPS) is 39.3. The highest BCUT2D eigenvalue weighted by molar-refractivity contribution is 7.99. The summed E-state index contributed by atoms with van der Waals surface area (Å²) in [7, 11) is 0. The van der Waals surface area contributed by atoms with Gasteiger partial charge in [0.25, 0.3) is 0 Å². The van der Waals surface area contributed by atoms with Crippen LogP contribution >= 0.6 is 11.8 Å². The van der Waals surface area contributed by atoms with Gasteiger partial charge in [-0.05, 0) is 19.4 Å². The van der Waals surface area contributed by atoms with Crippen molar-refractivity contribution in [2.45, 2.75) is 18.4 Å². The summed E-state index contributed by atoms with van der Waals surface area (Å²) in [6.07, 6.45) is 2.73. The number of hydrogen-bond donors (Lipinski definition) is 2. The summed E-state index contributed by atoms with van der Waals surface area (Å²) in [5.74, 6) is 2.59. The van der Waals surface area contributed by atoms with Crippen LogP contribution in [0.5, 0.6) is 0 Å². The first-order chi connectivity index (χ1) is 5.41. The molecule has 0 aliphatic carbocycles. The Morgan fingerprint density at radius 1 is 1.27 bits per heavy atom. The minimum atomic E-state index is 0.459. The number of nitrogens with one attached hydrogen (secondary N) is 2. The summed E-state index contributed by atoms with van der Waals surface area (Å²) >= 11 is 2.09. The molecule has 0 aromatic carbocycles. The Hall–Kier alpha value is 0.270. The molecule has 3 heteroatoms. The van der Waals surface area contributed by atoms with E-state index in [9.17, 15) is 0 Å². The summed E-state index contributed by atoms with van der Waals surface area (Å²) in [5, 5.41) is 7.13. The van der Waals surface area contributed by atoms with Crippen LogP contribution in [0.25, 0.3) is 0 Å². The highest BCUT2D eigenvalue weighted by atomic mass is 32.2. The van der Waals surface area contributed by atoms with E-state index in [4.69, 9.17) is 0 Å². The van der Waals surface area contributed by atoms with Gasteiger partial charge in [0.05, 0.1) is 0 Å². The van der Waals surface area contributed by atoms with Gasteiger partial charge >= 0.3 is 0 Å². The maximum atomic E-state index is 3.63. The zero-order valence-electron chi connectivity index (χ0n) is 6.86. The second-order valence-electron chi connectivity index (χ2n) is 3.54. The molecule has 2 aliphatic heterocycles. The van der Waals surface area contributed by atoms with Gasteiger partial charge in [-0.25, -0.2) is 0 Å². The monoisotopic (exact) mass is 172 g/mol. The third-order valence-corrected chi connectivity index (χ3v) is 3.85. The number of hydrogen-bond acceptors (Lipinski definition) is 3. The maximum absolute atomic E-state index is 3.63. The molecule has 0 aromatic heterocycles. The van der Waals surface area contributed by atoms with Crippen LogP contribution in [0.2, 0.25) is 0 Å². The van der Waals surface area contributed by atoms with Gasteiger partial charge in [-0.3, -0.25) is 0 Å². The fourth-order valence-electron chi connectivity index (χ4n) is 1.93. The van der Waals surface area contributed by atoms with Crippen molar-refractivity contribution in [3.8, 4) is 0 Å². The van der Waals surface area contributed by atoms with Crippen molar-refractivity contribution >= 4 is 11.8 Å². The van der Waals surface area contributed by atoms with Crippen molar-refractivity contribution < 1.29 is 0 Å². The van der Waals surface area contributed by atoms with Crippen molar-refractivity contribution in [2.75, 3.05) is 31.1 Å². The summed E-state index contributed by atoms with van der Waals surface area (Å²) in [6.45, 7) is 3.59. The Morgan fingerprint density at radius 3 is 3.09 bits per heavy atom. The molecule has 2 rings (SSSR count). The molecular formula is C8H16N2S. The molecule has 64 valence electrons. The van der Waals surface area contributed by atoms with Gasteiger partial charge < -0.3 is 10.6 Å². The molecule has 0 aromatic rings. The Kier molecular flexibility index (Phi) is 2.39. The van der Waals surface area contributed by atoms with E-state index >= 15 is 0 Å². The van der Waals surface area contributed by atoms with Crippen LogP contribution in [0, 0.1) is 0 Å². The van der Waals surface area contributed by atoms with Gasteiger partial charge in [0.15, 0.2) is 0 Å². The molecule has 0 bridgehead atoms. The fraction of sp³-hybridized carbons (Fsp3) is 1.00. The van der Waals surface area contributed by atoms with Crippen molar-refractivity contribution in [3.63, 3.8) is 0 Å². The predicted octanol–water partition coefficient (Wildman–Crippen LogP) is 0.445. The Morgan fingerprint density at radius 2 is 2.27 bits per heavy atom. The molecule has 2 heterocycles. The lowest BCUT2D eigenvalue weighted by molar-refractivity contribution is 0.403. The Bertz CT molecular complexity index is 122. The molecular weight excluding hydrogens is 156 g/mol. The molecule has 0 radical (unpaired) electrons. The molecule has 0 saturated carbocycles. The molecule has 2 nitrogen and oxygen atoms in total. The Labute approximate surface area is 72.5 Å². The fourth-order valence-corrected chi connectivity index (χ4v) is 3.11. The standard InChI is InChI=1S/C8H16N2S/c1-2-8(10-3-1)6-9-4-5-11-7-8/h9-10H,1-7H2. The second-order valence-corrected chi connectivity index (χ2v) is 4.65. The molecule has 2 fully saturated rings. The molecule has 2 aliphatic rings. The number of rotatable bonds is 0. The third-order valence-electron chi connectivity index (χ3n) is 2.60. The lowest BCUT2D eigenvalue weighted by Gasteiger charge is -2.26. The first-order valence-electron chi connectivity index (χ1n) is 4.45. The van der Waals surface area contributed by atoms with Gasteiger partial charge in [-0.15, -0.1) is 0 Å². The van der Waals surface area contributed by atoms with Gasteiger partial charge in [0.1, 0.15) is 0 Å². The molecule has 0 amide bonds. The molecule has 1 spiro atoms. The average Bonchev–Trinajstić information content (AvgIpc) is 2.32. The zero-order chi connectivity index (χ0) is 7.57. The van der Waals surface area contributed by atoms with E-state index in [0.29, 0.717) is 5.54 Å². The quantitative estimate of drug-likeness (QED) is 0.554. The highest BCUT2D eigenvalue weighted by Crippen LogP contribution is 2.24. The van der Waals surface area contributed by atoms with Crippen LogP contribution in [0.4, 0.5) is 0 Å². The largest absolute Gasteiger partial charge is 0.314 e. The van der Waals surface area contributed by atoms with Crippen LogP contribution < -0.4 is 10.6 Å². The van der Waals surface area contributed by atoms with Crippen LogP contribution in [0.1, 0.15) is 12.8 Å². The van der Waals surface area contributed by atoms with E-state index in [0.717, 1.165) is 0 Å². The SMILES string of the molecule is C1CNC2(C1)CNCCSC2. The van der Waals surface area contributed by atoms with E-state index in [1.54, 1.807) is 0 Å². The minimum absolute atomic E-state index is 0.459. The van der Waals surface area contributed by atoms with Crippen molar-refractivity contribution in [3.05, 3.63) is 0 Å². The predicted molar refractivity (Wildman–Crippen MR) is 50.2 cm³/mol. The van der Waals surface area contributed by atoms with Gasteiger partial charge in [-0.2, -0.15) is 11.8 Å². The van der Waals surface area contributed by atoms with Gasteiger partial charge in [0.2, 0.25) is 0 Å². The van der Waals surface area contributed by atoms with Crippen LogP contribution in [0.15, 0.2) is 0 Å². The second kappa shape index (κ2) is 3.33. The van der Waals surface area contributed by atoms with E-state index < -0.39 is 0 Å². The van der Waals surface area contributed by atoms with Gasteiger partial charge in [-0.1, -0.05) is 0 Å². The molecule has 2 N–H and O–H groups in total. The summed E-state index contributed by atoms with van der Waals surface area (Å²) in [5.41, 5.74) is 0.459. The topological polar surface area (TPSA) is 24.1 Å². The first-order valence-corrected chi connectivity index (χ1v) is 5.60. The lowest BCUT2D eigenvalue weighted by Crippen LogP contribution is -2.49. The lowest BCUT2D eigenvalue weighted by atomic mass is 10.0. The summed E-state index contributed by atoms with van der Waals surface area (Å²) in [6, 6.07) is 0. The third kappa shape index (κ3) is 1.71. The van der Waals surface area contributed by atoms with E-state index in [-0.39, 0.29) is 0 Å². The zero-order valence-corrected chi connectivity index (χ0v) is 7.67. The van der Waals surface area contributed by atoms with Gasteiger partial charge in [0, 0.05) is 30.1 Å². The summed E-state index contributed by atoms with van der Waals surface area (Å²) in [4.78, 5) is 0. The average molecular weight is 172 g/mol. The van der Waals surface area contributed by atoms with Crippen LogP contribution in [-0.4, -0.2) is 36.7 Å². The van der Waals surface area contributed by atoms with E-state index in [1.807, 2.05) is 0 Å². The highest BCUT2D eigenvalue weighted by Gasteiger charge is 2.33. The van der Waals surface area contributed by atoms with Crippen molar-refractivity contribution in [1.29, 1.82) is 0 Å². The van der Waals surface area contributed by atoms with Crippen LogP contribution in [-0.2, 0) is 0 Å². The minimum Gasteiger partial charge on any atom is -0.314 e.